The molecule has 0 bridgehead atoms. The molecule has 2 rings (SSSR count). The van der Waals surface area contributed by atoms with Crippen LogP contribution in [0.3, 0.4) is 0 Å². The molecule has 1 aromatic carbocycles. The monoisotopic (exact) mass is 400 g/mol. The number of benzene rings is 1. The highest BCUT2D eigenvalue weighted by Crippen LogP contribution is 2.04. The van der Waals surface area contributed by atoms with Crippen LogP contribution in [0, 0.1) is 0 Å². The van der Waals surface area contributed by atoms with Crippen molar-refractivity contribution in [2.75, 3.05) is 0 Å². The van der Waals surface area contributed by atoms with Gasteiger partial charge in [0.2, 0.25) is 23.6 Å². The molecule has 0 aliphatic heterocycles. The van der Waals surface area contributed by atoms with Crippen LogP contribution in [0.15, 0.2) is 42.9 Å². The number of aromatic amines is 1. The molecule has 1 aromatic heterocycles. The summed E-state index contributed by atoms with van der Waals surface area (Å²) in [6.45, 7) is 0. The van der Waals surface area contributed by atoms with Gasteiger partial charge in [0.15, 0.2) is 0 Å². The van der Waals surface area contributed by atoms with E-state index in [2.05, 4.69) is 20.6 Å². The van der Waals surface area contributed by atoms with Crippen LogP contribution < -0.4 is 22.1 Å². The fourth-order valence-corrected chi connectivity index (χ4v) is 2.69. The maximum atomic E-state index is 12.6. The predicted octanol–water partition coefficient (Wildman–Crippen LogP) is -1.08. The molecule has 29 heavy (non-hydrogen) atoms. The van der Waals surface area contributed by atoms with Crippen molar-refractivity contribution in [1.29, 1.82) is 0 Å². The number of rotatable bonds is 11. The van der Waals surface area contributed by atoms with Crippen LogP contribution in [0.4, 0.5) is 0 Å². The van der Waals surface area contributed by atoms with Crippen molar-refractivity contribution in [2.45, 2.75) is 37.8 Å². The minimum atomic E-state index is -1.21. The summed E-state index contributed by atoms with van der Waals surface area (Å²) in [6, 6.07) is 7.11. The summed E-state index contributed by atoms with van der Waals surface area (Å²) < 4.78 is 0. The molecule has 0 saturated heterocycles. The topological polar surface area (TPSA) is 173 Å². The summed E-state index contributed by atoms with van der Waals surface area (Å²) >= 11 is 0. The van der Waals surface area contributed by atoms with Crippen molar-refractivity contribution in [3.63, 3.8) is 0 Å². The number of carbonyl (C=O) groups is 4. The van der Waals surface area contributed by atoms with E-state index in [1.54, 1.807) is 0 Å². The fraction of sp³-hybridized carbons (Fsp3) is 0.316. The number of hydrogen-bond acceptors (Lipinski definition) is 5. The molecule has 0 radical (unpaired) electrons. The molecular weight excluding hydrogens is 376 g/mol. The number of aryl methyl sites for hydroxylation is 1. The normalized spacial score (nSPS) is 12.6. The second-order valence-corrected chi connectivity index (χ2v) is 6.52. The number of hydrogen-bond donors (Lipinski definition) is 5. The third-order valence-corrected chi connectivity index (χ3v) is 4.18. The number of carbonyl (C=O) groups excluding carboxylic acids is 4. The number of imidazole rings is 1. The van der Waals surface area contributed by atoms with E-state index in [0.29, 0.717) is 12.1 Å². The maximum Gasteiger partial charge on any atom is 0.243 e. The lowest BCUT2D eigenvalue weighted by molar-refractivity contribution is -0.133. The van der Waals surface area contributed by atoms with Gasteiger partial charge in [0.25, 0.3) is 0 Å². The van der Waals surface area contributed by atoms with E-state index in [4.69, 9.17) is 11.5 Å². The lowest BCUT2D eigenvalue weighted by atomic mass is 10.1. The summed E-state index contributed by atoms with van der Waals surface area (Å²) in [6.07, 6.45) is 3.21. The van der Waals surface area contributed by atoms with Crippen LogP contribution >= 0.6 is 0 Å². The van der Waals surface area contributed by atoms with Gasteiger partial charge in [-0.1, -0.05) is 30.3 Å². The average molecular weight is 400 g/mol. The number of nitrogens with two attached hydrogens (primary N) is 2. The lowest BCUT2D eigenvalue weighted by Gasteiger charge is -2.21. The Kier molecular flexibility index (Phi) is 7.89. The molecule has 0 saturated carbocycles. The van der Waals surface area contributed by atoms with Crippen molar-refractivity contribution in [3.8, 4) is 0 Å². The first-order chi connectivity index (χ1) is 13.8. The van der Waals surface area contributed by atoms with Gasteiger partial charge in [-0.15, -0.1) is 0 Å². The second kappa shape index (κ2) is 10.6. The van der Waals surface area contributed by atoms with Crippen molar-refractivity contribution in [3.05, 3.63) is 54.1 Å². The summed E-state index contributed by atoms with van der Waals surface area (Å²) in [5.41, 5.74) is 12.1. The number of aromatic nitrogens is 2. The van der Waals surface area contributed by atoms with Crippen molar-refractivity contribution < 1.29 is 19.2 Å². The first kappa shape index (κ1) is 21.6. The lowest BCUT2D eigenvalue weighted by Crippen LogP contribution is -2.54. The third kappa shape index (κ3) is 7.45. The van der Waals surface area contributed by atoms with E-state index in [0.717, 1.165) is 5.56 Å². The van der Waals surface area contributed by atoms with Gasteiger partial charge in [-0.2, -0.15) is 0 Å². The smallest absolute Gasteiger partial charge is 0.243 e. The van der Waals surface area contributed by atoms with Crippen LogP contribution in [-0.2, 0) is 32.0 Å². The number of H-pyrrole nitrogens is 1. The van der Waals surface area contributed by atoms with Gasteiger partial charge in [0, 0.05) is 24.7 Å². The van der Waals surface area contributed by atoms with E-state index in [-0.39, 0.29) is 12.8 Å². The molecule has 0 unspecified atom stereocenters. The molecular formula is C19H24N6O4. The predicted molar refractivity (Wildman–Crippen MR) is 104 cm³/mol. The highest BCUT2D eigenvalue weighted by atomic mass is 16.2. The molecule has 10 nitrogen and oxygen atoms in total. The van der Waals surface area contributed by atoms with Gasteiger partial charge < -0.3 is 27.1 Å². The van der Waals surface area contributed by atoms with Crippen molar-refractivity contribution in [1.82, 2.24) is 20.6 Å². The molecule has 4 amide bonds. The first-order valence-electron chi connectivity index (χ1n) is 9.03. The maximum absolute atomic E-state index is 12.6. The van der Waals surface area contributed by atoms with E-state index in [1.807, 2.05) is 30.3 Å². The standard InChI is InChI=1S/C19H24N6O4/c20-16(26)9-15(24-17(27)7-6-12-4-2-1-3-5-12)19(29)25-14(18(21)28)8-13-10-22-11-23-13/h1-5,10-11,14-15H,6-9H2,(H2,20,26)(H2,21,28)(H,22,23)(H,24,27)(H,25,29)/t14-,15-/m0/s1. The Morgan fingerprint density at radius 2 is 1.76 bits per heavy atom. The summed E-state index contributed by atoms with van der Waals surface area (Å²) in [5, 5.41) is 4.95. The fourth-order valence-electron chi connectivity index (χ4n) is 2.69. The Morgan fingerprint density at radius 3 is 2.34 bits per heavy atom. The van der Waals surface area contributed by atoms with Crippen molar-refractivity contribution >= 4 is 23.6 Å². The molecule has 1 heterocycles. The van der Waals surface area contributed by atoms with Gasteiger partial charge in [0.05, 0.1) is 12.7 Å². The van der Waals surface area contributed by atoms with Gasteiger partial charge in [-0.25, -0.2) is 4.98 Å². The summed E-state index contributed by atoms with van der Waals surface area (Å²) in [4.78, 5) is 54.5. The second-order valence-electron chi connectivity index (χ2n) is 6.52. The van der Waals surface area contributed by atoms with Crippen LogP contribution in [-0.4, -0.2) is 45.7 Å². The first-order valence-corrected chi connectivity index (χ1v) is 9.03. The molecule has 0 fully saturated rings. The van der Waals surface area contributed by atoms with E-state index in [9.17, 15) is 19.2 Å². The zero-order chi connectivity index (χ0) is 21.2. The summed E-state index contributed by atoms with van der Waals surface area (Å²) in [5.74, 6) is -2.67. The molecule has 0 spiro atoms. The van der Waals surface area contributed by atoms with Crippen LogP contribution in [0.2, 0.25) is 0 Å². The van der Waals surface area contributed by atoms with Gasteiger partial charge in [0.1, 0.15) is 12.1 Å². The number of primary amides is 2. The zero-order valence-corrected chi connectivity index (χ0v) is 15.8. The van der Waals surface area contributed by atoms with Crippen LogP contribution in [0.5, 0.6) is 0 Å². The Balaban J connectivity index is 1.97. The molecule has 7 N–H and O–H groups in total. The Labute approximate surface area is 167 Å². The Bertz CT molecular complexity index is 838. The molecule has 2 atom stereocenters. The molecule has 2 aromatic rings. The van der Waals surface area contributed by atoms with Crippen molar-refractivity contribution in [2.24, 2.45) is 11.5 Å². The highest BCUT2D eigenvalue weighted by molar-refractivity contribution is 5.94. The molecule has 0 aliphatic carbocycles. The molecule has 0 aliphatic rings. The number of amides is 4. The van der Waals surface area contributed by atoms with E-state index in [1.165, 1.54) is 12.5 Å². The third-order valence-electron chi connectivity index (χ3n) is 4.18. The zero-order valence-electron chi connectivity index (χ0n) is 15.8. The van der Waals surface area contributed by atoms with E-state index < -0.39 is 42.1 Å². The van der Waals surface area contributed by atoms with Gasteiger partial charge in [-0.3, -0.25) is 19.2 Å². The minimum Gasteiger partial charge on any atom is -0.370 e. The average Bonchev–Trinajstić information content (AvgIpc) is 3.19. The molecule has 154 valence electrons. The Morgan fingerprint density at radius 1 is 1.03 bits per heavy atom. The number of nitrogens with zero attached hydrogens (tertiary/aromatic N) is 1. The SMILES string of the molecule is NC(=O)C[C@H](NC(=O)CCc1ccccc1)C(=O)N[C@@H](Cc1cnc[nH]1)C(N)=O. The minimum absolute atomic E-state index is 0.0896. The highest BCUT2D eigenvalue weighted by Gasteiger charge is 2.27. The largest absolute Gasteiger partial charge is 0.370 e. The van der Waals surface area contributed by atoms with Crippen LogP contribution in [0.25, 0.3) is 0 Å². The van der Waals surface area contributed by atoms with Crippen LogP contribution in [0.1, 0.15) is 24.1 Å². The molecule has 10 heteroatoms. The quantitative estimate of drug-likeness (QED) is 0.322. The number of nitrogens with one attached hydrogen (secondary N) is 3. The van der Waals surface area contributed by atoms with Gasteiger partial charge >= 0.3 is 0 Å². The Hall–Kier alpha value is -3.69. The van der Waals surface area contributed by atoms with E-state index >= 15 is 0 Å². The van der Waals surface area contributed by atoms with Gasteiger partial charge in [-0.05, 0) is 12.0 Å². The summed E-state index contributed by atoms with van der Waals surface area (Å²) in [7, 11) is 0.